The van der Waals surface area contributed by atoms with E-state index in [2.05, 4.69) is 64.3 Å². The normalized spacial score (nSPS) is 11.2. The number of para-hydroxylation sites is 1. The Bertz CT molecular complexity index is 1010. The van der Waals surface area contributed by atoms with Crippen molar-refractivity contribution in [2.24, 2.45) is 0 Å². The van der Waals surface area contributed by atoms with Gasteiger partial charge in [0.15, 0.2) is 0 Å². The molecule has 0 fully saturated rings. The second kappa shape index (κ2) is 7.82. The van der Waals surface area contributed by atoms with Gasteiger partial charge in [-0.2, -0.15) is 0 Å². The third-order valence-electron chi connectivity index (χ3n) is 4.03. The maximum Gasteiger partial charge on any atom is 0.316 e. The molecule has 0 bridgehead atoms. The van der Waals surface area contributed by atoms with Crippen molar-refractivity contribution in [3.8, 4) is 16.6 Å². The van der Waals surface area contributed by atoms with Crippen molar-refractivity contribution >= 4 is 21.6 Å². The molecule has 2 heterocycles. The number of ether oxygens (including phenoxy) is 1. The van der Waals surface area contributed by atoms with Gasteiger partial charge < -0.3 is 9.64 Å². The van der Waals surface area contributed by atoms with Crippen molar-refractivity contribution in [3.63, 3.8) is 0 Å². The molecular formula is C21H20N4OS. The minimum Gasteiger partial charge on any atom is -0.459 e. The molecular weight excluding hydrogens is 356 g/mol. The van der Waals surface area contributed by atoms with Crippen LogP contribution in [0, 0.1) is 0 Å². The van der Waals surface area contributed by atoms with E-state index < -0.39 is 0 Å². The van der Waals surface area contributed by atoms with E-state index in [1.54, 1.807) is 23.7 Å². The highest BCUT2D eigenvalue weighted by molar-refractivity contribution is 7.21. The number of hydrogen-bond acceptors (Lipinski definition) is 6. The standard InChI is InChI=1S/C21H20N4OS/c1-25(2)13-15-6-5-7-16(10-15)14-26-21-22-11-17(12-23-21)20-24-18-8-3-4-9-19(18)27-20/h3-12H,13-14H2,1-2H3. The van der Waals surface area contributed by atoms with Crippen LogP contribution in [0.25, 0.3) is 20.8 Å². The summed E-state index contributed by atoms with van der Waals surface area (Å²) < 4.78 is 6.91. The maximum absolute atomic E-state index is 5.75. The Hall–Kier alpha value is -2.83. The Morgan fingerprint density at radius 3 is 2.52 bits per heavy atom. The average molecular weight is 376 g/mol. The molecule has 0 aliphatic heterocycles. The zero-order valence-electron chi connectivity index (χ0n) is 15.3. The summed E-state index contributed by atoms with van der Waals surface area (Å²) in [5, 5.41) is 0.916. The van der Waals surface area contributed by atoms with E-state index in [1.807, 2.05) is 18.2 Å². The molecule has 0 saturated heterocycles. The smallest absolute Gasteiger partial charge is 0.316 e. The van der Waals surface area contributed by atoms with Gasteiger partial charge in [-0.25, -0.2) is 15.0 Å². The van der Waals surface area contributed by atoms with Crippen molar-refractivity contribution in [1.82, 2.24) is 19.9 Å². The van der Waals surface area contributed by atoms with Crippen LogP contribution in [0.2, 0.25) is 0 Å². The van der Waals surface area contributed by atoms with E-state index in [0.717, 1.165) is 32.9 Å². The molecule has 2 aromatic heterocycles. The van der Waals surface area contributed by atoms with Gasteiger partial charge in [0.05, 0.1) is 10.2 Å². The van der Waals surface area contributed by atoms with Gasteiger partial charge in [0.25, 0.3) is 0 Å². The predicted molar refractivity (Wildman–Crippen MR) is 109 cm³/mol. The molecule has 0 aliphatic rings. The number of benzene rings is 2. The molecule has 4 aromatic rings. The quantitative estimate of drug-likeness (QED) is 0.499. The molecule has 0 radical (unpaired) electrons. The summed E-state index contributed by atoms with van der Waals surface area (Å²) in [6, 6.07) is 16.8. The SMILES string of the molecule is CN(C)Cc1cccc(COc2ncc(-c3nc4ccccc4s3)cn2)c1. The monoisotopic (exact) mass is 376 g/mol. The van der Waals surface area contributed by atoms with E-state index in [-0.39, 0.29) is 0 Å². The summed E-state index contributed by atoms with van der Waals surface area (Å²) in [6.45, 7) is 1.35. The van der Waals surface area contributed by atoms with Gasteiger partial charge in [0, 0.05) is 24.5 Å². The van der Waals surface area contributed by atoms with Gasteiger partial charge >= 0.3 is 6.01 Å². The van der Waals surface area contributed by atoms with E-state index in [0.29, 0.717) is 12.6 Å². The minimum absolute atomic E-state index is 0.373. The van der Waals surface area contributed by atoms with Crippen molar-refractivity contribution < 1.29 is 4.74 Å². The van der Waals surface area contributed by atoms with Crippen LogP contribution in [0.3, 0.4) is 0 Å². The summed E-state index contributed by atoms with van der Waals surface area (Å²) in [4.78, 5) is 15.4. The Labute approximate surface area is 162 Å². The van der Waals surface area contributed by atoms with E-state index >= 15 is 0 Å². The van der Waals surface area contributed by atoms with Crippen LogP contribution in [0.4, 0.5) is 0 Å². The number of thiazole rings is 1. The molecule has 0 amide bonds. The van der Waals surface area contributed by atoms with Crippen LogP contribution >= 0.6 is 11.3 Å². The van der Waals surface area contributed by atoms with Gasteiger partial charge in [0.1, 0.15) is 11.6 Å². The highest BCUT2D eigenvalue weighted by atomic mass is 32.1. The Balaban J connectivity index is 1.43. The fourth-order valence-electron chi connectivity index (χ4n) is 2.83. The van der Waals surface area contributed by atoms with Crippen molar-refractivity contribution in [1.29, 1.82) is 0 Å². The molecule has 5 nitrogen and oxygen atoms in total. The lowest BCUT2D eigenvalue weighted by Crippen LogP contribution is -2.11. The van der Waals surface area contributed by atoms with Gasteiger partial charge in [-0.1, -0.05) is 36.4 Å². The lowest BCUT2D eigenvalue weighted by Gasteiger charge is -2.11. The van der Waals surface area contributed by atoms with Crippen LogP contribution in [0.15, 0.2) is 60.9 Å². The highest BCUT2D eigenvalue weighted by Crippen LogP contribution is 2.29. The summed E-state index contributed by atoms with van der Waals surface area (Å²) in [5.74, 6) is 0. The van der Waals surface area contributed by atoms with Gasteiger partial charge in [-0.3, -0.25) is 0 Å². The van der Waals surface area contributed by atoms with Crippen molar-refractivity contribution in [3.05, 3.63) is 72.1 Å². The first-order valence-corrected chi connectivity index (χ1v) is 9.52. The lowest BCUT2D eigenvalue weighted by atomic mass is 10.1. The lowest BCUT2D eigenvalue weighted by molar-refractivity contribution is 0.280. The first-order valence-electron chi connectivity index (χ1n) is 8.71. The maximum atomic E-state index is 5.75. The fraction of sp³-hybridized carbons (Fsp3) is 0.190. The molecule has 4 rings (SSSR count). The molecule has 0 N–H and O–H groups in total. The second-order valence-corrected chi connectivity index (χ2v) is 7.62. The summed E-state index contributed by atoms with van der Waals surface area (Å²) >= 11 is 1.64. The third kappa shape index (κ3) is 4.30. The average Bonchev–Trinajstić information content (AvgIpc) is 3.11. The Morgan fingerprint density at radius 1 is 0.963 bits per heavy atom. The number of aromatic nitrogens is 3. The largest absolute Gasteiger partial charge is 0.459 e. The topological polar surface area (TPSA) is 51.1 Å². The molecule has 0 atom stereocenters. The predicted octanol–water partition coefficient (Wildman–Crippen LogP) is 4.39. The third-order valence-corrected chi connectivity index (χ3v) is 5.11. The van der Waals surface area contributed by atoms with E-state index in [9.17, 15) is 0 Å². The first-order chi connectivity index (χ1) is 13.2. The zero-order chi connectivity index (χ0) is 18.6. The van der Waals surface area contributed by atoms with Crippen LogP contribution < -0.4 is 4.74 Å². The summed E-state index contributed by atoms with van der Waals surface area (Å²) in [6.07, 6.45) is 3.53. The molecule has 136 valence electrons. The molecule has 0 unspecified atom stereocenters. The second-order valence-electron chi connectivity index (χ2n) is 6.59. The summed E-state index contributed by atoms with van der Waals surface area (Å²) in [7, 11) is 4.12. The van der Waals surface area contributed by atoms with Gasteiger partial charge in [-0.05, 0) is 37.4 Å². The Kier molecular flexibility index (Phi) is 5.09. The van der Waals surface area contributed by atoms with Crippen molar-refractivity contribution in [2.45, 2.75) is 13.2 Å². The molecule has 0 spiro atoms. The first kappa shape index (κ1) is 17.6. The number of rotatable bonds is 6. The van der Waals surface area contributed by atoms with Crippen LogP contribution in [-0.2, 0) is 13.2 Å². The number of fused-ring (bicyclic) bond motifs is 1. The minimum atomic E-state index is 0.373. The molecule has 6 heteroatoms. The fourth-order valence-corrected chi connectivity index (χ4v) is 3.77. The highest BCUT2D eigenvalue weighted by Gasteiger charge is 2.08. The molecule has 2 aromatic carbocycles. The number of nitrogens with zero attached hydrogens (tertiary/aromatic N) is 4. The van der Waals surface area contributed by atoms with Crippen molar-refractivity contribution in [2.75, 3.05) is 14.1 Å². The zero-order valence-corrected chi connectivity index (χ0v) is 16.1. The Morgan fingerprint density at radius 2 is 1.74 bits per heavy atom. The number of hydrogen-bond donors (Lipinski definition) is 0. The molecule has 27 heavy (non-hydrogen) atoms. The van der Waals surface area contributed by atoms with E-state index in [4.69, 9.17) is 4.74 Å². The summed E-state index contributed by atoms with van der Waals surface area (Å²) in [5.41, 5.74) is 4.26. The van der Waals surface area contributed by atoms with E-state index in [1.165, 1.54) is 5.56 Å². The van der Waals surface area contributed by atoms with Gasteiger partial charge in [0.2, 0.25) is 0 Å². The van der Waals surface area contributed by atoms with Gasteiger partial charge in [-0.15, -0.1) is 11.3 Å². The van der Waals surface area contributed by atoms with Crippen LogP contribution in [0.1, 0.15) is 11.1 Å². The molecule has 0 aliphatic carbocycles. The molecule has 0 saturated carbocycles. The van der Waals surface area contributed by atoms with Crippen LogP contribution in [-0.4, -0.2) is 33.9 Å². The van der Waals surface area contributed by atoms with Crippen LogP contribution in [0.5, 0.6) is 6.01 Å².